The lowest BCUT2D eigenvalue weighted by molar-refractivity contribution is 0.169. The zero-order valence-electron chi connectivity index (χ0n) is 9.42. The van der Waals surface area contributed by atoms with Gasteiger partial charge in [-0.25, -0.2) is 9.98 Å². The molecule has 0 aliphatic carbocycles. The molecule has 0 spiro atoms. The highest BCUT2D eigenvalue weighted by atomic mass is 35.5. The minimum atomic E-state index is -0.864. The van der Waals surface area contributed by atoms with E-state index in [2.05, 4.69) is 15.3 Å². The molecule has 1 aromatic rings. The molecule has 6 heteroatoms. The summed E-state index contributed by atoms with van der Waals surface area (Å²) in [6.45, 7) is 0.630. The Balaban J connectivity index is 1.81. The molecule has 0 saturated carbocycles. The van der Waals surface area contributed by atoms with Crippen LogP contribution in [0.2, 0.25) is 5.15 Å². The normalized spacial score (nSPS) is 21.2. The maximum absolute atomic E-state index is 9.46. The molecule has 2 N–H and O–H groups in total. The first-order chi connectivity index (χ1) is 8.72. The van der Waals surface area contributed by atoms with Crippen molar-refractivity contribution < 1.29 is 5.11 Å². The highest BCUT2D eigenvalue weighted by Crippen LogP contribution is 2.18. The zero-order valence-corrected chi connectivity index (χ0v) is 10.2. The van der Waals surface area contributed by atoms with Gasteiger partial charge in [-0.3, -0.25) is 0 Å². The van der Waals surface area contributed by atoms with E-state index in [0.717, 1.165) is 17.1 Å². The van der Waals surface area contributed by atoms with Gasteiger partial charge >= 0.3 is 0 Å². The second kappa shape index (κ2) is 4.44. The first-order valence-corrected chi connectivity index (χ1v) is 5.88. The Bertz CT molecular complexity index is 550. The van der Waals surface area contributed by atoms with E-state index in [0.29, 0.717) is 11.7 Å². The lowest BCUT2D eigenvalue weighted by Gasteiger charge is -2.23. The predicted octanol–water partition coefficient (Wildman–Crippen LogP) is 1.23. The third kappa shape index (κ3) is 2.10. The molecule has 0 aromatic carbocycles. The number of rotatable bonds is 2. The fourth-order valence-electron chi connectivity index (χ4n) is 1.91. The average Bonchev–Trinajstić information content (AvgIpc) is 2.73. The molecule has 1 atom stereocenters. The number of nitrogens with one attached hydrogen (secondary N) is 1. The van der Waals surface area contributed by atoms with Crippen molar-refractivity contribution in [3.63, 3.8) is 0 Å². The highest BCUT2D eigenvalue weighted by molar-refractivity contribution is 6.29. The van der Waals surface area contributed by atoms with Gasteiger partial charge in [-0.1, -0.05) is 17.7 Å². The summed E-state index contributed by atoms with van der Waals surface area (Å²) in [7, 11) is 0. The van der Waals surface area contributed by atoms with Crippen molar-refractivity contribution in [2.45, 2.75) is 12.9 Å². The number of aromatic nitrogens is 1. The molecule has 18 heavy (non-hydrogen) atoms. The van der Waals surface area contributed by atoms with Crippen LogP contribution in [0.4, 0.5) is 0 Å². The molecule has 3 heterocycles. The fourth-order valence-corrected chi connectivity index (χ4v) is 2.02. The van der Waals surface area contributed by atoms with Gasteiger partial charge in [0.05, 0.1) is 12.2 Å². The smallest absolute Gasteiger partial charge is 0.225 e. The van der Waals surface area contributed by atoms with E-state index in [-0.39, 0.29) is 0 Å². The van der Waals surface area contributed by atoms with Crippen LogP contribution in [0.1, 0.15) is 5.56 Å². The summed E-state index contributed by atoms with van der Waals surface area (Å²) in [4.78, 5) is 10.1. The van der Waals surface area contributed by atoms with Gasteiger partial charge < -0.3 is 15.3 Å². The molecule has 0 radical (unpaired) electrons. The van der Waals surface area contributed by atoms with Gasteiger partial charge in [0.2, 0.25) is 6.35 Å². The number of aliphatic imine (C=N–C) groups is 1. The molecule has 0 saturated heterocycles. The van der Waals surface area contributed by atoms with E-state index in [9.17, 15) is 5.11 Å². The molecule has 0 bridgehead atoms. The number of pyridine rings is 1. The third-order valence-electron chi connectivity index (χ3n) is 2.71. The summed E-state index contributed by atoms with van der Waals surface area (Å²) in [6.07, 6.45) is 6.57. The zero-order chi connectivity index (χ0) is 12.5. The van der Waals surface area contributed by atoms with Gasteiger partial charge in [0.25, 0.3) is 0 Å². The quantitative estimate of drug-likeness (QED) is 0.787. The Hall–Kier alpha value is -1.85. The van der Waals surface area contributed by atoms with Crippen LogP contribution >= 0.6 is 11.6 Å². The topological polar surface area (TPSA) is 60.8 Å². The maximum atomic E-state index is 9.46. The van der Waals surface area contributed by atoms with Crippen LogP contribution in [-0.4, -0.2) is 27.2 Å². The number of nitrogens with zero attached hydrogens (tertiary/aromatic N) is 3. The lowest BCUT2D eigenvalue weighted by Crippen LogP contribution is -2.30. The van der Waals surface area contributed by atoms with Crippen LogP contribution in [0.25, 0.3) is 0 Å². The van der Waals surface area contributed by atoms with E-state index in [1.807, 2.05) is 29.3 Å². The number of aliphatic hydroxyl groups excluding tert-OH is 1. The summed E-state index contributed by atoms with van der Waals surface area (Å²) in [5.74, 6) is 0.736. The van der Waals surface area contributed by atoms with E-state index in [1.165, 1.54) is 0 Å². The fraction of sp³-hybridized carbons (Fsp3) is 0.167. The molecule has 5 nitrogen and oxygen atoms in total. The molecular formula is C12H11ClN4O. The molecule has 1 aromatic heterocycles. The van der Waals surface area contributed by atoms with Gasteiger partial charge in [0.1, 0.15) is 5.15 Å². The predicted molar refractivity (Wildman–Crippen MR) is 68.6 cm³/mol. The Morgan fingerprint density at radius 2 is 2.33 bits per heavy atom. The lowest BCUT2D eigenvalue weighted by atomic mass is 10.2. The van der Waals surface area contributed by atoms with Crippen LogP contribution < -0.4 is 5.32 Å². The van der Waals surface area contributed by atoms with Crippen molar-refractivity contribution in [1.82, 2.24) is 15.2 Å². The SMILES string of the molecule is OC1N=C2C(=CC=CN2Cc2ccc(Cl)nc2)N1. The first-order valence-electron chi connectivity index (χ1n) is 5.51. The molecule has 0 fully saturated rings. The minimum Gasteiger partial charge on any atom is -0.355 e. The van der Waals surface area contributed by atoms with Gasteiger partial charge in [-0.05, 0) is 23.8 Å². The van der Waals surface area contributed by atoms with Gasteiger partial charge in [0, 0.05) is 12.4 Å². The second-order valence-electron chi connectivity index (χ2n) is 4.01. The van der Waals surface area contributed by atoms with Crippen molar-refractivity contribution >= 4 is 17.4 Å². The van der Waals surface area contributed by atoms with E-state index < -0.39 is 6.35 Å². The van der Waals surface area contributed by atoms with Crippen LogP contribution in [0, 0.1) is 0 Å². The minimum absolute atomic E-state index is 0.476. The van der Waals surface area contributed by atoms with Crippen molar-refractivity contribution in [2.75, 3.05) is 0 Å². The van der Waals surface area contributed by atoms with E-state index in [4.69, 9.17) is 11.6 Å². The van der Waals surface area contributed by atoms with Gasteiger partial charge in [0.15, 0.2) is 5.84 Å². The van der Waals surface area contributed by atoms with Crippen molar-refractivity contribution in [3.8, 4) is 0 Å². The number of hydrogen-bond acceptors (Lipinski definition) is 5. The largest absolute Gasteiger partial charge is 0.355 e. The number of hydrogen-bond donors (Lipinski definition) is 2. The molecule has 0 amide bonds. The molecule has 2 aliphatic rings. The summed E-state index contributed by atoms with van der Waals surface area (Å²) in [5.41, 5.74) is 1.85. The Morgan fingerprint density at radius 3 is 3.11 bits per heavy atom. The monoisotopic (exact) mass is 262 g/mol. The number of allylic oxidation sites excluding steroid dienone is 2. The van der Waals surface area contributed by atoms with Crippen LogP contribution in [0.5, 0.6) is 0 Å². The molecule has 1 unspecified atom stereocenters. The molecule has 2 aliphatic heterocycles. The van der Waals surface area contributed by atoms with E-state index >= 15 is 0 Å². The average molecular weight is 263 g/mol. The highest BCUT2D eigenvalue weighted by Gasteiger charge is 2.25. The van der Waals surface area contributed by atoms with Crippen LogP contribution in [-0.2, 0) is 6.54 Å². The van der Waals surface area contributed by atoms with Crippen molar-refractivity contribution in [2.24, 2.45) is 4.99 Å². The van der Waals surface area contributed by atoms with Crippen molar-refractivity contribution in [1.29, 1.82) is 0 Å². The Kier molecular flexibility index (Phi) is 2.77. The van der Waals surface area contributed by atoms with Crippen molar-refractivity contribution in [3.05, 3.63) is 53.1 Å². The summed E-state index contributed by atoms with van der Waals surface area (Å²) in [5, 5.41) is 12.8. The maximum Gasteiger partial charge on any atom is 0.225 e. The number of halogens is 1. The summed E-state index contributed by atoms with van der Waals surface area (Å²) >= 11 is 5.75. The summed E-state index contributed by atoms with van der Waals surface area (Å²) < 4.78 is 0. The molecule has 92 valence electrons. The number of fused-ring (bicyclic) bond motifs is 1. The molecule has 3 rings (SSSR count). The Labute approximate surface area is 109 Å². The first kappa shape index (κ1) is 11.3. The van der Waals surface area contributed by atoms with E-state index in [1.54, 1.807) is 12.3 Å². The summed E-state index contributed by atoms with van der Waals surface area (Å²) in [6, 6.07) is 3.67. The van der Waals surface area contributed by atoms with Gasteiger partial charge in [-0.15, -0.1) is 0 Å². The number of amidine groups is 1. The van der Waals surface area contributed by atoms with Crippen LogP contribution in [0.15, 0.2) is 47.4 Å². The second-order valence-corrected chi connectivity index (χ2v) is 4.40. The van der Waals surface area contributed by atoms with Gasteiger partial charge in [-0.2, -0.15) is 0 Å². The van der Waals surface area contributed by atoms with Crippen LogP contribution in [0.3, 0.4) is 0 Å². The number of aliphatic hydroxyl groups is 1. The third-order valence-corrected chi connectivity index (χ3v) is 2.94. The Morgan fingerprint density at radius 1 is 1.44 bits per heavy atom. The standard InChI is InChI=1S/C12H11ClN4O/c13-10-4-3-8(6-14-10)7-17-5-1-2-9-11(17)16-12(18)15-9/h1-6,12,15,18H,7H2. The molecular weight excluding hydrogens is 252 g/mol.